The molecule has 3 heterocycles. The van der Waals surface area contributed by atoms with E-state index in [1.807, 2.05) is 16.8 Å². The predicted molar refractivity (Wildman–Crippen MR) is 94.5 cm³/mol. The third kappa shape index (κ3) is 3.47. The number of thioether (sulfide) groups is 1. The summed E-state index contributed by atoms with van der Waals surface area (Å²) in [5, 5.41) is 8.07. The molecule has 0 saturated carbocycles. The largest absolute Gasteiger partial charge is 0.446 e. The van der Waals surface area contributed by atoms with E-state index in [0.29, 0.717) is 6.54 Å². The summed E-state index contributed by atoms with van der Waals surface area (Å²) in [5.74, 6) is 0. The van der Waals surface area contributed by atoms with Crippen molar-refractivity contribution in [2.45, 2.75) is 23.5 Å². The molecule has 0 bridgehead atoms. The summed E-state index contributed by atoms with van der Waals surface area (Å²) in [6.07, 6.45) is 3.45. The van der Waals surface area contributed by atoms with Gasteiger partial charge in [0.15, 0.2) is 0 Å². The molecular weight excluding hydrogens is 361 g/mol. The molecule has 0 atom stereocenters. The van der Waals surface area contributed by atoms with Crippen molar-refractivity contribution in [3.63, 3.8) is 0 Å². The number of halogens is 3. The quantitative estimate of drug-likeness (QED) is 0.691. The van der Waals surface area contributed by atoms with Crippen molar-refractivity contribution in [3.8, 4) is 22.4 Å². The van der Waals surface area contributed by atoms with Crippen LogP contribution in [0.4, 0.5) is 13.2 Å². The van der Waals surface area contributed by atoms with Crippen LogP contribution in [0.15, 0.2) is 53.7 Å². The summed E-state index contributed by atoms with van der Waals surface area (Å²) in [5.41, 5.74) is 0.350. The number of nitrogens with one attached hydrogen (secondary N) is 1. The second kappa shape index (κ2) is 6.77. The van der Waals surface area contributed by atoms with Gasteiger partial charge in [0.1, 0.15) is 5.69 Å². The smallest absolute Gasteiger partial charge is 0.309 e. The van der Waals surface area contributed by atoms with Gasteiger partial charge in [0.2, 0.25) is 0 Å². The highest BCUT2D eigenvalue weighted by Crippen LogP contribution is 2.39. The van der Waals surface area contributed by atoms with E-state index in [4.69, 9.17) is 5.10 Å². The van der Waals surface area contributed by atoms with Crippen molar-refractivity contribution < 1.29 is 13.2 Å². The van der Waals surface area contributed by atoms with Crippen LogP contribution in [-0.2, 0) is 13.1 Å². The Kier molecular flexibility index (Phi) is 4.46. The molecule has 8 heteroatoms. The topological polar surface area (TPSA) is 42.7 Å². The minimum absolute atomic E-state index is 0.111. The van der Waals surface area contributed by atoms with Crippen LogP contribution in [0.2, 0.25) is 0 Å². The summed E-state index contributed by atoms with van der Waals surface area (Å²) in [6, 6.07) is 10.2. The lowest BCUT2D eigenvalue weighted by Crippen LogP contribution is -2.28. The number of alkyl halides is 3. The van der Waals surface area contributed by atoms with Gasteiger partial charge in [0, 0.05) is 41.5 Å². The molecule has 0 unspecified atom stereocenters. The lowest BCUT2D eigenvalue weighted by Gasteiger charge is -2.16. The minimum Gasteiger partial charge on any atom is -0.309 e. The van der Waals surface area contributed by atoms with Gasteiger partial charge >= 0.3 is 5.51 Å². The lowest BCUT2D eigenvalue weighted by molar-refractivity contribution is -0.0328. The molecule has 0 amide bonds. The number of fused-ring (bicyclic) bond motifs is 1. The first kappa shape index (κ1) is 17.1. The van der Waals surface area contributed by atoms with Gasteiger partial charge in [-0.05, 0) is 41.6 Å². The first-order chi connectivity index (χ1) is 12.5. The van der Waals surface area contributed by atoms with Crippen molar-refractivity contribution in [3.05, 3.63) is 54.5 Å². The van der Waals surface area contributed by atoms with Crippen LogP contribution < -0.4 is 5.32 Å². The highest BCUT2D eigenvalue weighted by Gasteiger charge is 2.29. The first-order valence-corrected chi connectivity index (χ1v) is 8.90. The van der Waals surface area contributed by atoms with E-state index in [1.165, 1.54) is 12.1 Å². The van der Waals surface area contributed by atoms with Gasteiger partial charge in [-0.1, -0.05) is 12.1 Å². The normalized spacial score (nSPS) is 14.3. The lowest BCUT2D eigenvalue weighted by atomic mass is 9.99. The molecule has 134 valence electrons. The summed E-state index contributed by atoms with van der Waals surface area (Å²) in [6.45, 7) is 2.30. The Balaban J connectivity index is 1.78. The second-order valence-corrected chi connectivity index (χ2v) is 7.02. The number of pyridine rings is 1. The number of hydrogen-bond acceptors (Lipinski definition) is 4. The van der Waals surface area contributed by atoms with Gasteiger partial charge in [0.25, 0.3) is 0 Å². The van der Waals surface area contributed by atoms with E-state index in [1.54, 1.807) is 24.5 Å². The van der Waals surface area contributed by atoms with Crippen LogP contribution in [0.1, 0.15) is 5.69 Å². The Labute approximate surface area is 152 Å². The molecule has 4 nitrogen and oxygen atoms in total. The monoisotopic (exact) mass is 376 g/mol. The zero-order chi connectivity index (χ0) is 18.1. The summed E-state index contributed by atoms with van der Waals surface area (Å²) < 4.78 is 39.6. The third-order valence-corrected chi connectivity index (χ3v) is 4.92. The number of rotatable bonds is 3. The average molecular weight is 376 g/mol. The van der Waals surface area contributed by atoms with Crippen LogP contribution in [0.5, 0.6) is 0 Å². The van der Waals surface area contributed by atoms with E-state index in [2.05, 4.69) is 10.3 Å². The van der Waals surface area contributed by atoms with Gasteiger partial charge in [-0.2, -0.15) is 18.3 Å². The molecule has 0 aliphatic carbocycles. The van der Waals surface area contributed by atoms with E-state index >= 15 is 0 Å². The number of benzene rings is 1. The predicted octanol–water partition coefficient (Wildman–Crippen LogP) is 4.33. The molecule has 0 radical (unpaired) electrons. The molecule has 4 rings (SSSR count). The van der Waals surface area contributed by atoms with Crippen LogP contribution in [0.3, 0.4) is 0 Å². The van der Waals surface area contributed by atoms with Crippen molar-refractivity contribution in [1.82, 2.24) is 20.1 Å². The Morgan fingerprint density at radius 1 is 1.00 bits per heavy atom. The fourth-order valence-corrected chi connectivity index (χ4v) is 3.63. The number of nitrogens with zero attached hydrogens (tertiary/aromatic N) is 3. The maximum absolute atomic E-state index is 12.5. The van der Waals surface area contributed by atoms with Crippen LogP contribution in [-0.4, -0.2) is 26.8 Å². The second-order valence-electron chi connectivity index (χ2n) is 5.88. The maximum atomic E-state index is 12.5. The maximum Gasteiger partial charge on any atom is 0.446 e. The summed E-state index contributed by atoms with van der Waals surface area (Å²) in [7, 11) is 0. The molecule has 1 N–H and O–H groups in total. The molecular formula is C18H15F3N4S. The molecule has 0 spiro atoms. The highest BCUT2D eigenvalue weighted by molar-refractivity contribution is 8.00. The van der Waals surface area contributed by atoms with Gasteiger partial charge in [-0.3, -0.25) is 9.67 Å². The SMILES string of the molecule is FC(F)(F)Sc1ccc(-c2nn3c(c2-c2ccncc2)CNCC3)cc1. The van der Waals surface area contributed by atoms with Crippen LogP contribution in [0.25, 0.3) is 22.4 Å². The molecule has 3 aromatic rings. The van der Waals surface area contributed by atoms with Gasteiger partial charge in [-0.15, -0.1) is 0 Å². The van der Waals surface area contributed by atoms with Crippen molar-refractivity contribution in [2.24, 2.45) is 0 Å². The highest BCUT2D eigenvalue weighted by atomic mass is 32.2. The molecule has 0 saturated heterocycles. The average Bonchev–Trinajstić information content (AvgIpc) is 3.01. The Hall–Kier alpha value is -2.32. The Morgan fingerprint density at radius 2 is 1.73 bits per heavy atom. The van der Waals surface area contributed by atoms with Crippen LogP contribution in [0, 0.1) is 0 Å². The van der Waals surface area contributed by atoms with Gasteiger partial charge in [0.05, 0.1) is 12.2 Å². The van der Waals surface area contributed by atoms with Crippen LogP contribution >= 0.6 is 11.8 Å². The van der Waals surface area contributed by atoms with E-state index in [-0.39, 0.29) is 16.7 Å². The molecule has 1 aromatic carbocycles. The van der Waals surface area contributed by atoms with Gasteiger partial charge < -0.3 is 5.32 Å². The first-order valence-electron chi connectivity index (χ1n) is 8.08. The molecule has 1 aliphatic heterocycles. The number of hydrogen-bond donors (Lipinski definition) is 1. The Bertz CT molecular complexity index is 905. The zero-order valence-electron chi connectivity index (χ0n) is 13.6. The zero-order valence-corrected chi connectivity index (χ0v) is 14.4. The molecule has 0 fully saturated rings. The summed E-state index contributed by atoms with van der Waals surface area (Å²) >= 11 is -0.111. The standard InChI is InChI=1S/C18H15F3N4S/c19-18(20,21)26-14-3-1-13(2-4-14)17-16(12-5-7-22-8-6-12)15-11-23-9-10-25(15)24-17/h1-8,23H,9-11H2. The summed E-state index contributed by atoms with van der Waals surface area (Å²) in [4.78, 5) is 4.23. The van der Waals surface area contributed by atoms with Gasteiger partial charge in [-0.25, -0.2) is 0 Å². The fourth-order valence-electron chi connectivity index (χ4n) is 3.09. The molecule has 2 aromatic heterocycles. The fraction of sp³-hybridized carbons (Fsp3) is 0.222. The molecule has 1 aliphatic rings. The van der Waals surface area contributed by atoms with E-state index in [0.717, 1.165) is 41.2 Å². The minimum atomic E-state index is -4.29. The van der Waals surface area contributed by atoms with E-state index < -0.39 is 5.51 Å². The Morgan fingerprint density at radius 3 is 2.42 bits per heavy atom. The van der Waals surface area contributed by atoms with Crippen molar-refractivity contribution >= 4 is 11.8 Å². The van der Waals surface area contributed by atoms with Crippen molar-refractivity contribution in [1.29, 1.82) is 0 Å². The number of aromatic nitrogens is 3. The molecule has 26 heavy (non-hydrogen) atoms. The third-order valence-electron chi connectivity index (χ3n) is 4.18. The van der Waals surface area contributed by atoms with E-state index in [9.17, 15) is 13.2 Å². The van der Waals surface area contributed by atoms with Crippen molar-refractivity contribution in [2.75, 3.05) is 6.54 Å².